The van der Waals surface area contributed by atoms with Crippen molar-refractivity contribution in [3.05, 3.63) is 20.2 Å². The number of aliphatic imine (C=N–C) groups is 1. The molecule has 66 valence electrons. The zero-order valence-corrected chi connectivity index (χ0v) is 5.84. The third-order valence-electron chi connectivity index (χ3n) is 1.21. The van der Waals surface area contributed by atoms with Crippen molar-refractivity contribution in [3.63, 3.8) is 0 Å². The molecule has 0 unspecified atom stereocenters. The average molecular weight is 175 g/mol. The van der Waals surface area contributed by atoms with Crippen molar-refractivity contribution in [2.75, 3.05) is 13.1 Å². The summed E-state index contributed by atoms with van der Waals surface area (Å²) in [5.41, 5.74) is 1.63. The molecule has 12 heavy (non-hydrogen) atoms. The van der Waals surface area contributed by atoms with Crippen molar-refractivity contribution in [1.82, 2.24) is 10.4 Å². The number of guanidine groups is 1. The van der Waals surface area contributed by atoms with E-state index in [-0.39, 0.29) is 19.0 Å². The molecule has 0 atom stereocenters. The second kappa shape index (κ2) is 2.98. The molecule has 0 aliphatic carbocycles. The highest BCUT2D eigenvalue weighted by Crippen LogP contribution is 1.98. The van der Waals surface area contributed by atoms with Crippen LogP contribution >= 0.6 is 0 Å². The molecule has 1 aliphatic rings. The molecule has 0 spiro atoms. The number of nitro groups is 2. The van der Waals surface area contributed by atoms with E-state index in [1.807, 2.05) is 0 Å². The van der Waals surface area contributed by atoms with Crippen LogP contribution in [0.1, 0.15) is 0 Å². The molecule has 0 fully saturated rings. The first-order valence-electron chi connectivity index (χ1n) is 2.98. The molecular weight excluding hydrogens is 170 g/mol. The van der Waals surface area contributed by atoms with Crippen LogP contribution in [0, 0.1) is 20.2 Å². The van der Waals surface area contributed by atoms with Gasteiger partial charge in [0.1, 0.15) is 6.54 Å². The van der Waals surface area contributed by atoms with Crippen LogP contribution in [0.4, 0.5) is 0 Å². The molecule has 1 N–H and O–H groups in total. The Morgan fingerprint density at radius 3 is 2.67 bits per heavy atom. The highest BCUT2D eigenvalue weighted by Gasteiger charge is 2.29. The van der Waals surface area contributed by atoms with E-state index in [9.17, 15) is 20.2 Å². The average Bonchev–Trinajstić information content (AvgIpc) is 2.33. The number of hydrazine groups is 2. The van der Waals surface area contributed by atoms with E-state index < -0.39 is 10.1 Å². The highest BCUT2D eigenvalue weighted by molar-refractivity contribution is 5.78. The van der Waals surface area contributed by atoms with Gasteiger partial charge in [0, 0.05) is 0 Å². The normalized spacial score (nSPS) is 15.7. The lowest BCUT2D eigenvalue weighted by Crippen LogP contribution is -2.44. The van der Waals surface area contributed by atoms with E-state index in [0.29, 0.717) is 5.01 Å². The molecule has 1 aliphatic heterocycles. The van der Waals surface area contributed by atoms with Gasteiger partial charge < -0.3 is 0 Å². The predicted molar refractivity (Wildman–Crippen MR) is 36.1 cm³/mol. The van der Waals surface area contributed by atoms with Gasteiger partial charge >= 0.3 is 5.96 Å². The van der Waals surface area contributed by atoms with Gasteiger partial charge in [0.05, 0.1) is 6.54 Å². The molecule has 0 saturated carbocycles. The molecule has 0 bridgehead atoms. The third-order valence-corrected chi connectivity index (χ3v) is 1.21. The molecule has 0 amide bonds. The summed E-state index contributed by atoms with van der Waals surface area (Å²) in [5, 5.41) is 19.0. The monoisotopic (exact) mass is 175 g/mol. The van der Waals surface area contributed by atoms with Crippen LogP contribution in [0.15, 0.2) is 4.99 Å². The number of hydrogen-bond acceptors (Lipinski definition) is 5. The summed E-state index contributed by atoms with van der Waals surface area (Å²) in [7, 11) is 0. The Kier molecular flexibility index (Phi) is 2.03. The molecule has 0 radical (unpaired) electrons. The largest absolute Gasteiger partial charge is 0.318 e. The summed E-state index contributed by atoms with van der Waals surface area (Å²) in [4.78, 5) is 23.6. The highest BCUT2D eigenvalue weighted by atomic mass is 16.7. The van der Waals surface area contributed by atoms with Crippen molar-refractivity contribution in [3.8, 4) is 0 Å². The van der Waals surface area contributed by atoms with Gasteiger partial charge in [-0.3, -0.25) is 0 Å². The minimum Gasteiger partial charge on any atom is -0.242 e. The molecule has 1 heterocycles. The van der Waals surface area contributed by atoms with Crippen LogP contribution in [-0.2, 0) is 0 Å². The van der Waals surface area contributed by atoms with Crippen molar-refractivity contribution < 1.29 is 10.1 Å². The molecule has 0 aromatic heterocycles. The van der Waals surface area contributed by atoms with E-state index in [1.165, 1.54) is 0 Å². The Morgan fingerprint density at radius 1 is 1.50 bits per heavy atom. The van der Waals surface area contributed by atoms with Gasteiger partial charge in [0.25, 0.3) is 0 Å². The second-order valence-corrected chi connectivity index (χ2v) is 1.94. The summed E-state index contributed by atoms with van der Waals surface area (Å²) in [6.45, 7) is 0.250. The first-order valence-corrected chi connectivity index (χ1v) is 2.98. The van der Waals surface area contributed by atoms with Crippen LogP contribution in [0.5, 0.6) is 0 Å². The lowest BCUT2D eigenvalue weighted by molar-refractivity contribution is -0.633. The Balaban J connectivity index is 2.63. The zero-order chi connectivity index (χ0) is 9.14. The van der Waals surface area contributed by atoms with Crippen molar-refractivity contribution >= 4 is 5.96 Å². The number of nitrogens with one attached hydrogen (secondary N) is 1. The first-order chi connectivity index (χ1) is 5.61. The topological polar surface area (TPSA) is 114 Å². The fourth-order valence-electron chi connectivity index (χ4n) is 0.772. The van der Waals surface area contributed by atoms with Gasteiger partial charge in [0.15, 0.2) is 10.1 Å². The van der Waals surface area contributed by atoms with Gasteiger partial charge in [-0.2, -0.15) is 0 Å². The quantitative estimate of drug-likeness (QED) is 0.409. The lowest BCUT2D eigenvalue weighted by atomic mass is 10.7. The minimum absolute atomic E-state index is 0.0587. The Labute approximate surface area is 65.9 Å². The number of rotatable bonds is 2. The maximum Gasteiger partial charge on any atom is 0.318 e. The second-order valence-electron chi connectivity index (χ2n) is 1.94. The summed E-state index contributed by atoms with van der Waals surface area (Å²) in [6, 6.07) is 0. The van der Waals surface area contributed by atoms with Crippen molar-refractivity contribution in [2.24, 2.45) is 4.99 Å². The van der Waals surface area contributed by atoms with Crippen molar-refractivity contribution in [2.45, 2.75) is 0 Å². The van der Waals surface area contributed by atoms with Gasteiger partial charge in [-0.15, -0.1) is 0 Å². The molecule has 1 rings (SSSR count). The van der Waals surface area contributed by atoms with Gasteiger partial charge in [-0.05, 0) is 0 Å². The molecule has 0 saturated heterocycles. The van der Waals surface area contributed by atoms with Crippen LogP contribution in [0.25, 0.3) is 0 Å². The maximum absolute atomic E-state index is 10.2. The number of hydrogen-bond donors (Lipinski definition) is 1. The lowest BCUT2D eigenvalue weighted by Gasteiger charge is -2.04. The molecule has 0 aromatic carbocycles. The summed E-state index contributed by atoms with van der Waals surface area (Å²) < 4.78 is 0. The van der Waals surface area contributed by atoms with E-state index in [0.717, 1.165) is 0 Å². The number of nitrogens with zero attached hydrogens (tertiary/aromatic N) is 4. The van der Waals surface area contributed by atoms with Gasteiger partial charge in [0.2, 0.25) is 0 Å². The Hall–Kier alpha value is -1.93. The minimum atomic E-state index is -0.888. The summed E-state index contributed by atoms with van der Waals surface area (Å²) >= 11 is 0. The summed E-state index contributed by atoms with van der Waals surface area (Å²) in [5.74, 6) is -0.329. The maximum atomic E-state index is 10.2. The van der Waals surface area contributed by atoms with E-state index >= 15 is 0 Å². The molecule has 9 nitrogen and oxygen atoms in total. The molecule has 9 heteroatoms. The summed E-state index contributed by atoms with van der Waals surface area (Å²) in [6.07, 6.45) is 0. The fourth-order valence-corrected chi connectivity index (χ4v) is 0.772. The van der Waals surface area contributed by atoms with E-state index in [4.69, 9.17) is 0 Å². The first kappa shape index (κ1) is 8.17. The third kappa shape index (κ3) is 1.56. The van der Waals surface area contributed by atoms with E-state index in [1.54, 1.807) is 5.43 Å². The van der Waals surface area contributed by atoms with E-state index in [2.05, 4.69) is 4.99 Å². The zero-order valence-electron chi connectivity index (χ0n) is 5.84. The SMILES string of the molecule is O=[N+]([O-])NC1=NCCN1[N+](=O)[O-]. The Bertz CT molecular complexity index is 249. The fraction of sp³-hybridized carbons (Fsp3) is 0.667. The van der Waals surface area contributed by atoms with Crippen LogP contribution < -0.4 is 5.43 Å². The Morgan fingerprint density at radius 2 is 2.17 bits per heavy atom. The van der Waals surface area contributed by atoms with Gasteiger partial charge in [-0.1, -0.05) is 10.4 Å². The van der Waals surface area contributed by atoms with Crippen LogP contribution in [0.3, 0.4) is 0 Å². The predicted octanol–water partition coefficient (Wildman–Crippen LogP) is -1.37. The van der Waals surface area contributed by atoms with Crippen molar-refractivity contribution in [1.29, 1.82) is 0 Å². The van der Waals surface area contributed by atoms with Gasteiger partial charge in [-0.25, -0.2) is 25.2 Å². The van der Waals surface area contributed by atoms with Crippen LogP contribution in [0.2, 0.25) is 0 Å². The van der Waals surface area contributed by atoms with Crippen LogP contribution in [-0.4, -0.2) is 34.1 Å². The molecular formula is C3H5N5O4. The smallest absolute Gasteiger partial charge is 0.242 e. The molecule has 0 aromatic rings. The standard InChI is InChI=1S/C3H5N5O4/c9-7(10)5-3-4-1-2-6(3)8(11)12/h1-2H2,(H,4,5).